The van der Waals surface area contributed by atoms with E-state index in [9.17, 15) is 8.76 Å². The fraction of sp³-hybridized carbons (Fsp3) is 0. The molecule has 2 aromatic heterocycles. The molecule has 6 heteroatoms. The van der Waals surface area contributed by atoms with Crippen molar-refractivity contribution in [3.8, 4) is 0 Å². The molecule has 0 fully saturated rings. The number of nitrogens with zero attached hydrogens (tertiary/aromatic N) is 2. The molecule has 0 spiro atoms. The molecular formula is C7H4BrN2O2S-. The van der Waals surface area contributed by atoms with Gasteiger partial charge in [-0.15, -0.1) is 0 Å². The second-order valence-electron chi connectivity index (χ2n) is 2.39. The quantitative estimate of drug-likeness (QED) is 0.729. The van der Waals surface area contributed by atoms with Crippen molar-refractivity contribution >= 4 is 38.2 Å². The molecule has 0 aliphatic heterocycles. The highest BCUT2D eigenvalue weighted by atomic mass is 79.9. The predicted octanol–water partition coefficient (Wildman–Crippen LogP) is 1.44. The maximum absolute atomic E-state index is 10.7. The molecule has 0 aromatic carbocycles. The standard InChI is InChI=1S/C7H5BrN2O2S/c8-6-1-3-9-7-5(6)2-4-10(7)13(11)12/h1-4H,(H,11,12)/p-1. The fourth-order valence-electron chi connectivity index (χ4n) is 1.10. The van der Waals surface area contributed by atoms with Gasteiger partial charge in [-0.3, -0.25) is 8.18 Å². The van der Waals surface area contributed by atoms with Crippen molar-refractivity contribution in [3.63, 3.8) is 0 Å². The lowest BCUT2D eigenvalue weighted by Gasteiger charge is -2.06. The number of halogens is 1. The first-order chi connectivity index (χ1) is 6.20. The van der Waals surface area contributed by atoms with Gasteiger partial charge >= 0.3 is 0 Å². The summed E-state index contributed by atoms with van der Waals surface area (Å²) in [5, 5.41) is 0.784. The predicted molar refractivity (Wildman–Crippen MR) is 51.8 cm³/mol. The third-order valence-electron chi connectivity index (χ3n) is 1.66. The third-order valence-corrected chi connectivity index (χ3v) is 2.97. The summed E-state index contributed by atoms with van der Waals surface area (Å²) in [5.41, 5.74) is 0.433. The molecule has 0 aliphatic carbocycles. The normalized spacial score (nSPS) is 13.4. The molecule has 0 N–H and O–H groups in total. The van der Waals surface area contributed by atoms with Crippen LogP contribution in [0.1, 0.15) is 0 Å². The van der Waals surface area contributed by atoms with E-state index in [1.54, 1.807) is 18.3 Å². The summed E-state index contributed by atoms with van der Waals surface area (Å²) in [5.74, 6) is 0. The second kappa shape index (κ2) is 3.21. The van der Waals surface area contributed by atoms with Crippen molar-refractivity contribution in [2.45, 2.75) is 0 Å². The van der Waals surface area contributed by atoms with Crippen LogP contribution in [0.15, 0.2) is 29.0 Å². The van der Waals surface area contributed by atoms with Crippen LogP contribution in [-0.2, 0) is 11.3 Å². The van der Waals surface area contributed by atoms with E-state index < -0.39 is 11.3 Å². The Morgan fingerprint density at radius 2 is 2.31 bits per heavy atom. The Morgan fingerprint density at radius 1 is 1.54 bits per heavy atom. The van der Waals surface area contributed by atoms with E-state index in [0.29, 0.717) is 5.65 Å². The van der Waals surface area contributed by atoms with E-state index in [1.807, 2.05) is 0 Å². The molecule has 0 saturated carbocycles. The van der Waals surface area contributed by atoms with Crippen molar-refractivity contribution in [2.24, 2.45) is 0 Å². The van der Waals surface area contributed by atoms with E-state index in [1.165, 1.54) is 6.20 Å². The van der Waals surface area contributed by atoms with Gasteiger partial charge in [-0.1, -0.05) is 0 Å². The fourth-order valence-corrected chi connectivity index (χ4v) is 1.98. The Labute approximate surface area is 85.1 Å². The smallest absolute Gasteiger partial charge is 0.152 e. The lowest BCUT2D eigenvalue weighted by atomic mass is 10.3. The zero-order valence-corrected chi connectivity index (χ0v) is 8.71. The summed E-state index contributed by atoms with van der Waals surface area (Å²) in [6.07, 6.45) is 3.02. The summed E-state index contributed by atoms with van der Waals surface area (Å²) < 4.78 is 23.3. The van der Waals surface area contributed by atoms with E-state index in [2.05, 4.69) is 20.9 Å². The Kier molecular flexibility index (Phi) is 2.19. The van der Waals surface area contributed by atoms with Crippen LogP contribution in [-0.4, -0.2) is 17.7 Å². The minimum atomic E-state index is -2.30. The third kappa shape index (κ3) is 1.41. The number of rotatable bonds is 1. The molecule has 68 valence electrons. The Hall–Kier alpha value is -0.720. The van der Waals surface area contributed by atoms with Crippen LogP contribution in [0.5, 0.6) is 0 Å². The summed E-state index contributed by atoms with van der Waals surface area (Å²) in [6.45, 7) is 0. The highest BCUT2D eigenvalue weighted by molar-refractivity contribution is 9.10. The second-order valence-corrected chi connectivity index (χ2v) is 4.07. The average molecular weight is 260 g/mol. The number of hydrogen-bond acceptors (Lipinski definition) is 3. The van der Waals surface area contributed by atoms with Gasteiger partial charge in [0.1, 0.15) is 0 Å². The molecule has 2 aromatic rings. The Morgan fingerprint density at radius 3 is 3.00 bits per heavy atom. The lowest BCUT2D eigenvalue weighted by molar-refractivity contribution is 0.529. The van der Waals surface area contributed by atoms with Crippen molar-refractivity contribution in [1.82, 2.24) is 8.96 Å². The molecule has 0 amide bonds. The zero-order valence-electron chi connectivity index (χ0n) is 6.31. The summed E-state index contributed by atoms with van der Waals surface area (Å²) in [6, 6.07) is 3.46. The van der Waals surface area contributed by atoms with Crippen LogP contribution < -0.4 is 0 Å². The maximum Gasteiger partial charge on any atom is 0.152 e. The largest absolute Gasteiger partial charge is 0.755 e. The molecule has 2 heterocycles. The van der Waals surface area contributed by atoms with Gasteiger partial charge in [0.2, 0.25) is 0 Å². The monoisotopic (exact) mass is 259 g/mol. The number of fused-ring (bicyclic) bond motifs is 1. The molecule has 13 heavy (non-hydrogen) atoms. The van der Waals surface area contributed by atoms with Crippen molar-refractivity contribution < 1.29 is 8.76 Å². The van der Waals surface area contributed by atoms with Gasteiger partial charge in [0, 0.05) is 22.3 Å². The highest BCUT2D eigenvalue weighted by Crippen LogP contribution is 2.22. The van der Waals surface area contributed by atoms with Crippen molar-refractivity contribution in [1.29, 1.82) is 0 Å². The van der Waals surface area contributed by atoms with E-state index >= 15 is 0 Å². The summed E-state index contributed by atoms with van der Waals surface area (Å²) >= 11 is 1.01. The lowest BCUT2D eigenvalue weighted by Crippen LogP contribution is -2.01. The number of pyridine rings is 1. The molecular weight excluding hydrogens is 256 g/mol. The molecule has 2 rings (SSSR count). The maximum atomic E-state index is 10.7. The number of hydrogen-bond donors (Lipinski definition) is 0. The van der Waals surface area contributed by atoms with Crippen molar-refractivity contribution in [3.05, 3.63) is 29.0 Å². The SMILES string of the molecule is O=S([O-])n1ccc2c(Br)ccnc21. The summed E-state index contributed by atoms with van der Waals surface area (Å²) in [4.78, 5) is 3.96. The van der Waals surface area contributed by atoms with Gasteiger partial charge in [0.15, 0.2) is 5.65 Å². The van der Waals surface area contributed by atoms with E-state index in [0.717, 1.165) is 13.8 Å². The van der Waals surface area contributed by atoms with Crippen LogP contribution >= 0.6 is 15.9 Å². The van der Waals surface area contributed by atoms with Crippen LogP contribution in [0.2, 0.25) is 0 Å². The topological polar surface area (TPSA) is 57.9 Å². The van der Waals surface area contributed by atoms with Gasteiger partial charge in [-0.2, -0.15) is 0 Å². The van der Waals surface area contributed by atoms with E-state index in [4.69, 9.17) is 0 Å². The first-order valence-corrected chi connectivity index (χ1v) is 5.24. The van der Waals surface area contributed by atoms with Crippen LogP contribution in [0.4, 0.5) is 0 Å². The average Bonchev–Trinajstić information content (AvgIpc) is 2.48. The highest BCUT2D eigenvalue weighted by Gasteiger charge is 2.04. The van der Waals surface area contributed by atoms with Crippen molar-refractivity contribution in [2.75, 3.05) is 0 Å². The van der Waals surface area contributed by atoms with Gasteiger partial charge < -0.3 is 4.55 Å². The van der Waals surface area contributed by atoms with E-state index in [-0.39, 0.29) is 0 Å². The Balaban J connectivity index is 2.83. The molecule has 0 radical (unpaired) electrons. The van der Waals surface area contributed by atoms with Crippen LogP contribution in [0.25, 0.3) is 11.0 Å². The van der Waals surface area contributed by atoms with Gasteiger partial charge in [-0.05, 0) is 28.1 Å². The Bertz CT molecular complexity index is 482. The van der Waals surface area contributed by atoms with Crippen LogP contribution in [0.3, 0.4) is 0 Å². The first kappa shape index (κ1) is 8.86. The van der Waals surface area contributed by atoms with Crippen LogP contribution in [0, 0.1) is 0 Å². The van der Waals surface area contributed by atoms with Gasteiger partial charge in [0.05, 0.1) is 11.3 Å². The number of aromatic nitrogens is 2. The molecule has 1 atom stereocenters. The molecule has 0 aliphatic rings. The zero-order chi connectivity index (χ0) is 9.42. The molecule has 4 nitrogen and oxygen atoms in total. The van der Waals surface area contributed by atoms with Gasteiger partial charge in [-0.25, -0.2) is 4.98 Å². The molecule has 0 bridgehead atoms. The summed E-state index contributed by atoms with van der Waals surface area (Å²) in [7, 11) is 0. The molecule has 0 saturated heterocycles. The minimum absolute atomic E-state index is 0.433. The van der Waals surface area contributed by atoms with Gasteiger partial charge in [0.25, 0.3) is 0 Å². The first-order valence-electron chi connectivity index (χ1n) is 3.41. The minimum Gasteiger partial charge on any atom is -0.755 e. The molecule has 1 unspecified atom stereocenters.